The highest BCUT2D eigenvalue weighted by Gasteiger charge is 2.26. The number of nitrogens with zero attached hydrogens (tertiary/aromatic N) is 1. The van der Waals surface area contributed by atoms with Gasteiger partial charge in [-0.1, -0.05) is 13.8 Å². The molecule has 0 saturated carbocycles. The van der Waals surface area contributed by atoms with Gasteiger partial charge in [0, 0.05) is 6.54 Å². The zero-order valence-corrected chi connectivity index (χ0v) is 11.4. The summed E-state index contributed by atoms with van der Waals surface area (Å²) in [7, 11) is 0. The smallest absolute Gasteiger partial charge is 0.336 e. The Balaban J connectivity index is 2.11. The largest absolute Gasteiger partial charge is 0.478 e. The number of piperidine rings is 1. The lowest BCUT2D eigenvalue weighted by Gasteiger charge is -2.37. The lowest BCUT2D eigenvalue weighted by molar-refractivity contribution is 0.0692. The average molecular weight is 265 g/mol. The molecule has 0 spiro atoms. The van der Waals surface area contributed by atoms with Crippen LogP contribution in [0.4, 0.5) is 4.39 Å². The molecule has 4 heteroatoms. The molecule has 1 fully saturated rings. The quantitative estimate of drug-likeness (QED) is 0.912. The molecular weight excluding hydrogens is 245 g/mol. The first kappa shape index (κ1) is 14.0. The number of halogens is 1. The summed E-state index contributed by atoms with van der Waals surface area (Å²) in [6, 6.07) is 3.89. The number of hydrogen-bond donors (Lipinski definition) is 1. The van der Waals surface area contributed by atoms with Gasteiger partial charge in [-0.15, -0.1) is 0 Å². The van der Waals surface area contributed by atoms with Crippen LogP contribution in [0.25, 0.3) is 0 Å². The molecule has 0 aromatic heterocycles. The van der Waals surface area contributed by atoms with Crippen LogP contribution in [0.2, 0.25) is 0 Å². The molecule has 1 aromatic carbocycles. The van der Waals surface area contributed by atoms with Gasteiger partial charge in [-0.2, -0.15) is 0 Å². The van der Waals surface area contributed by atoms with Crippen molar-refractivity contribution in [3.05, 3.63) is 35.1 Å². The maximum Gasteiger partial charge on any atom is 0.336 e. The Bertz CT molecular complexity index is 475. The van der Waals surface area contributed by atoms with Gasteiger partial charge in [0.2, 0.25) is 0 Å². The first-order chi connectivity index (χ1) is 8.87. The molecule has 1 aromatic rings. The van der Waals surface area contributed by atoms with Crippen LogP contribution in [-0.4, -0.2) is 29.1 Å². The van der Waals surface area contributed by atoms with Gasteiger partial charge in [0.15, 0.2) is 0 Å². The van der Waals surface area contributed by atoms with Crippen molar-refractivity contribution in [2.75, 3.05) is 13.1 Å². The monoisotopic (exact) mass is 265 g/mol. The maximum absolute atomic E-state index is 13.3. The van der Waals surface area contributed by atoms with Crippen LogP contribution in [0, 0.1) is 11.2 Å². The van der Waals surface area contributed by atoms with Crippen LogP contribution in [0.1, 0.15) is 42.6 Å². The first-order valence-corrected chi connectivity index (χ1v) is 6.61. The van der Waals surface area contributed by atoms with E-state index < -0.39 is 5.97 Å². The van der Waals surface area contributed by atoms with E-state index in [0.717, 1.165) is 25.9 Å². The number of aromatic carboxylic acids is 1. The van der Waals surface area contributed by atoms with Crippen molar-refractivity contribution in [1.82, 2.24) is 4.90 Å². The Hall–Kier alpha value is -1.42. The fraction of sp³-hybridized carbons (Fsp3) is 0.533. The van der Waals surface area contributed by atoms with Gasteiger partial charge in [-0.25, -0.2) is 9.18 Å². The minimum absolute atomic E-state index is 0.200. The molecule has 104 valence electrons. The molecule has 19 heavy (non-hydrogen) atoms. The van der Waals surface area contributed by atoms with Crippen molar-refractivity contribution >= 4 is 5.97 Å². The summed E-state index contributed by atoms with van der Waals surface area (Å²) in [6.07, 6.45) is 2.18. The number of likely N-dealkylation sites (tertiary alicyclic amines) is 1. The molecule has 1 aliphatic heterocycles. The van der Waals surface area contributed by atoms with Crippen LogP contribution in [0.15, 0.2) is 18.2 Å². The van der Waals surface area contributed by atoms with Gasteiger partial charge in [0.05, 0.1) is 5.56 Å². The molecule has 0 atom stereocenters. The zero-order valence-electron chi connectivity index (χ0n) is 11.4. The second-order valence-corrected chi connectivity index (χ2v) is 6.05. The summed E-state index contributed by atoms with van der Waals surface area (Å²) >= 11 is 0. The molecule has 0 aliphatic carbocycles. The highest BCUT2D eigenvalue weighted by atomic mass is 19.1. The van der Waals surface area contributed by atoms with E-state index in [0.29, 0.717) is 17.5 Å². The van der Waals surface area contributed by atoms with Gasteiger partial charge in [-0.3, -0.25) is 4.90 Å². The molecule has 3 nitrogen and oxygen atoms in total. The molecule has 0 amide bonds. The van der Waals surface area contributed by atoms with Gasteiger partial charge in [-0.05, 0) is 55.1 Å². The Morgan fingerprint density at radius 3 is 2.58 bits per heavy atom. The minimum atomic E-state index is -0.993. The van der Waals surface area contributed by atoms with E-state index in [4.69, 9.17) is 5.11 Å². The van der Waals surface area contributed by atoms with Crippen molar-refractivity contribution in [3.8, 4) is 0 Å². The second kappa shape index (κ2) is 5.29. The van der Waals surface area contributed by atoms with Crippen molar-refractivity contribution in [3.63, 3.8) is 0 Å². The van der Waals surface area contributed by atoms with Crippen LogP contribution in [0.3, 0.4) is 0 Å². The molecule has 1 aliphatic rings. The predicted molar refractivity (Wildman–Crippen MR) is 71.7 cm³/mol. The summed E-state index contributed by atoms with van der Waals surface area (Å²) in [5, 5.41) is 9.13. The molecule has 1 heterocycles. The Morgan fingerprint density at radius 1 is 1.37 bits per heavy atom. The van der Waals surface area contributed by atoms with E-state index in [1.807, 2.05) is 0 Å². The number of benzene rings is 1. The number of carboxylic acid groups (broad SMARTS) is 1. The lowest BCUT2D eigenvalue weighted by Crippen LogP contribution is -2.37. The van der Waals surface area contributed by atoms with Crippen molar-refractivity contribution in [1.29, 1.82) is 0 Å². The molecule has 0 bridgehead atoms. The average Bonchev–Trinajstić information content (AvgIpc) is 2.31. The molecule has 0 radical (unpaired) electrons. The SMILES string of the molecule is CC1(C)CCN(Cc2cc(F)ccc2C(=O)O)CC1. The summed E-state index contributed by atoms with van der Waals surface area (Å²) < 4.78 is 13.3. The van der Waals surface area contributed by atoms with Gasteiger partial charge in [0.1, 0.15) is 5.82 Å². The standard InChI is InChI=1S/C15H20FNO2/c1-15(2)5-7-17(8-6-15)10-11-9-12(16)3-4-13(11)14(18)19/h3-4,9H,5-8,10H2,1-2H3,(H,18,19). The van der Waals surface area contributed by atoms with Gasteiger partial charge in [0.25, 0.3) is 0 Å². The first-order valence-electron chi connectivity index (χ1n) is 6.61. The fourth-order valence-corrected chi connectivity index (χ4v) is 2.46. The van der Waals surface area contributed by atoms with Crippen LogP contribution in [0.5, 0.6) is 0 Å². The summed E-state index contributed by atoms with van der Waals surface area (Å²) in [4.78, 5) is 13.3. The summed E-state index contributed by atoms with van der Waals surface area (Å²) in [5.41, 5.74) is 1.12. The number of carboxylic acids is 1. The van der Waals surface area contributed by atoms with Gasteiger partial charge >= 0.3 is 5.97 Å². The van der Waals surface area contributed by atoms with Gasteiger partial charge < -0.3 is 5.11 Å². The lowest BCUT2D eigenvalue weighted by atomic mass is 9.82. The summed E-state index contributed by atoms with van der Waals surface area (Å²) in [5.74, 6) is -1.37. The third-order valence-corrected chi connectivity index (χ3v) is 3.90. The number of hydrogen-bond acceptors (Lipinski definition) is 2. The van der Waals surface area contributed by atoms with Crippen molar-refractivity contribution < 1.29 is 14.3 Å². The van der Waals surface area contributed by atoms with Crippen LogP contribution >= 0.6 is 0 Å². The molecular formula is C15H20FNO2. The highest BCUT2D eigenvalue weighted by Crippen LogP contribution is 2.30. The fourth-order valence-electron chi connectivity index (χ4n) is 2.46. The zero-order chi connectivity index (χ0) is 14.0. The molecule has 1 saturated heterocycles. The van der Waals surface area contributed by atoms with E-state index in [1.165, 1.54) is 18.2 Å². The van der Waals surface area contributed by atoms with E-state index in [1.54, 1.807) is 0 Å². The van der Waals surface area contributed by atoms with Crippen molar-refractivity contribution in [2.24, 2.45) is 5.41 Å². The Morgan fingerprint density at radius 2 is 2.00 bits per heavy atom. The normalized spacial score (nSPS) is 19.3. The number of rotatable bonds is 3. The predicted octanol–water partition coefficient (Wildman–Crippen LogP) is 3.15. The Labute approximate surface area is 113 Å². The van der Waals surface area contributed by atoms with E-state index in [2.05, 4.69) is 18.7 Å². The topological polar surface area (TPSA) is 40.5 Å². The van der Waals surface area contributed by atoms with E-state index >= 15 is 0 Å². The highest BCUT2D eigenvalue weighted by molar-refractivity contribution is 5.89. The molecule has 2 rings (SSSR count). The second-order valence-electron chi connectivity index (χ2n) is 6.05. The summed E-state index contributed by atoms with van der Waals surface area (Å²) in [6.45, 7) is 6.87. The van der Waals surface area contributed by atoms with Crippen molar-refractivity contribution in [2.45, 2.75) is 33.2 Å². The molecule has 1 N–H and O–H groups in total. The minimum Gasteiger partial charge on any atom is -0.478 e. The van der Waals surface area contributed by atoms with E-state index in [-0.39, 0.29) is 11.4 Å². The van der Waals surface area contributed by atoms with Crippen LogP contribution in [-0.2, 0) is 6.54 Å². The van der Waals surface area contributed by atoms with Crippen LogP contribution < -0.4 is 0 Å². The molecule has 0 unspecified atom stereocenters. The third-order valence-electron chi connectivity index (χ3n) is 3.90. The Kier molecular flexibility index (Phi) is 3.90. The maximum atomic E-state index is 13.3. The number of carbonyl (C=O) groups is 1. The van der Waals surface area contributed by atoms with E-state index in [9.17, 15) is 9.18 Å². The third kappa shape index (κ3) is 3.53.